The quantitative estimate of drug-likeness (QED) is 0.691. The van der Waals surface area contributed by atoms with Gasteiger partial charge in [0, 0.05) is 15.9 Å². The van der Waals surface area contributed by atoms with E-state index in [0.29, 0.717) is 4.83 Å². The zero-order valence-electron chi connectivity index (χ0n) is 8.43. The Hall–Kier alpha value is -0.100. The first-order valence-electron chi connectivity index (χ1n) is 5.14. The highest BCUT2D eigenvalue weighted by Gasteiger charge is 2.35. The predicted molar refractivity (Wildman–Crippen MR) is 61.0 cm³/mol. The van der Waals surface area contributed by atoms with Crippen molar-refractivity contribution < 1.29 is 13.2 Å². The van der Waals surface area contributed by atoms with Gasteiger partial charge in [-0.25, -0.2) is 4.98 Å². The largest absolute Gasteiger partial charge is 0.443 e. The van der Waals surface area contributed by atoms with E-state index in [1.54, 1.807) is 0 Å². The molecule has 0 bridgehead atoms. The van der Waals surface area contributed by atoms with Crippen molar-refractivity contribution in [2.75, 3.05) is 0 Å². The Labute approximate surface area is 104 Å². The standard InChI is InChI=1S/C10H11BrF3NS/c11-7-3-1-2-6(4-7)8-5-15-9(16-8)10(12,13)14/h5-7H,1-4H2. The lowest BCUT2D eigenvalue weighted by Gasteiger charge is -2.24. The monoisotopic (exact) mass is 313 g/mol. The molecule has 16 heavy (non-hydrogen) atoms. The lowest BCUT2D eigenvalue weighted by molar-refractivity contribution is -0.137. The van der Waals surface area contributed by atoms with Crippen molar-refractivity contribution >= 4 is 27.3 Å². The zero-order valence-corrected chi connectivity index (χ0v) is 10.8. The van der Waals surface area contributed by atoms with Gasteiger partial charge in [-0.3, -0.25) is 0 Å². The van der Waals surface area contributed by atoms with Gasteiger partial charge in [-0.15, -0.1) is 11.3 Å². The van der Waals surface area contributed by atoms with Crippen molar-refractivity contribution in [3.05, 3.63) is 16.1 Å². The van der Waals surface area contributed by atoms with Gasteiger partial charge in [-0.2, -0.15) is 13.2 Å². The summed E-state index contributed by atoms with van der Waals surface area (Å²) in [5, 5.41) is -0.723. The molecule has 0 aliphatic heterocycles. The van der Waals surface area contributed by atoms with Gasteiger partial charge >= 0.3 is 6.18 Å². The molecule has 0 aromatic carbocycles. The number of nitrogens with zero attached hydrogens (tertiary/aromatic N) is 1. The summed E-state index contributed by atoms with van der Waals surface area (Å²) in [4.78, 5) is 4.67. The van der Waals surface area contributed by atoms with Gasteiger partial charge in [0.2, 0.25) is 0 Å². The van der Waals surface area contributed by atoms with Crippen molar-refractivity contribution in [2.24, 2.45) is 0 Å². The van der Waals surface area contributed by atoms with E-state index in [-0.39, 0.29) is 5.92 Å². The molecule has 90 valence electrons. The Morgan fingerprint density at radius 3 is 2.69 bits per heavy atom. The second-order valence-electron chi connectivity index (χ2n) is 4.03. The summed E-state index contributed by atoms with van der Waals surface area (Å²) < 4.78 is 37.2. The predicted octanol–water partition coefficient (Wildman–Crippen LogP) is 4.58. The molecular weight excluding hydrogens is 303 g/mol. The lowest BCUT2D eigenvalue weighted by atomic mass is 9.88. The van der Waals surface area contributed by atoms with Crippen LogP contribution in [0.15, 0.2) is 6.20 Å². The normalized spacial score (nSPS) is 27.0. The van der Waals surface area contributed by atoms with Crippen LogP contribution in [0, 0.1) is 0 Å². The van der Waals surface area contributed by atoms with Crippen molar-refractivity contribution in [3.8, 4) is 0 Å². The summed E-state index contributed by atoms with van der Waals surface area (Å²) in [6, 6.07) is 0. The van der Waals surface area contributed by atoms with Crippen molar-refractivity contribution in [1.82, 2.24) is 4.98 Å². The Balaban J connectivity index is 2.12. The smallest absolute Gasteiger partial charge is 0.240 e. The average Bonchev–Trinajstić information content (AvgIpc) is 2.65. The van der Waals surface area contributed by atoms with Crippen LogP contribution in [0.4, 0.5) is 13.2 Å². The number of halogens is 4. The maximum atomic E-state index is 12.4. The van der Waals surface area contributed by atoms with E-state index in [0.717, 1.165) is 41.9 Å². The van der Waals surface area contributed by atoms with Gasteiger partial charge in [0.1, 0.15) is 0 Å². The van der Waals surface area contributed by atoms with Gasteiger partial charge in [-0.05, 0) is 25.2 Å². The van der Waals surface area contributed by atoms with Crippen molar-refractivity contribution in [2.45, 2.75) is 42.6 Å². The lowest BCUT2D eigenvalue weighted by Crippen LogP contribution is -2.12. The molecule has 1 heterocycles. The zero-order chi connectivity index (χ0) is 11.8. The van der Waals surface area contributed by atoms with E-state index in [1.807, 2.05) is 0 Å². The van der Waals surface area contributed by atoms with Crippen LogP contribution in [0.2, 0.25) is 0 Å². The third kappa shape index (κ3) is 2.77. The minimum atomic E-state index is -4.30. The number of alkyl halides is 4. The minimum Gasteiger partial charge on any atom is -0.240 e. The van der Waals surface area contributed by atoms with E-state index in [2.05, 4.69) is 20.9 Å². The van der Waals surface area contributed by atoms with Gasteiger partial charge < -0.3 is 0 Å². The maximum Gasteiger partial charge on any atom is 0.443 e. The third-order valence-electron chi connectivity index (χ3n) is 2.78. The highest BCUT2D eigenvalue weighted by Crippen LogP contribution is 2.41. The molecule has 0 spiro atoms. The molecule has 0 saturated heterocycles. The van der Waals surface area contributed by atoms with Crippen LogP contribution < -0.4 is 0 Å². The van der Waals surface area contributed by atoms with Gasteiger partial charge in [-0.1, -0.05) is 22.4 Å². The summed E-state index contributed by atoms with van der Waals surface area (Å²) in [5.74, 6) is 0.242. The molecule has 2 atom stereocenters. The van der Waals surface area contributed by atoms with Gasteiger partial charge in [0.05, 0.1) is 0 Å². The Kier molecular flexibility index (Phi) is 3.59. The van der Waals surface area contributed by atoms with E-state index >= 15 is 0 Å². The van der Waals surface area contributed by atoms with Crippen LogP contribution in [0.25, 0.3) is 0 Å². The second kappa shape index (κ2) is 4.64. The molecule has 1 aromatic rings. The topological polar surface area (TPSA) is 12.9 Å². The number of aromatic nitrogens is 1. The highest BCUT2D eigenvalue weighted by molar-refractivity contribution is 9.09. The molecule has 2 unspecified atom stereocenters. The molecule has 0 N–H and O–H groups in total. The van der Waals surface area contributed by atoms with Crippen LogP contribution in [-0.4, -0.2) is 9.81 Å². The summed E-state index contributed by atoms with van der Waals surface area (Å²) in [7, 11) is 0. The number of hydrogen-bond donors (Lipinski definition) is 0. The van der Waals surface area contributed by atoms with E-state index in [9.17, 15) is 13.2 Å². The van der Waals surface area contributed by atoms with Crippen LogP contribution in [0.3, 0.4) is 0 Å². The third-order valence-corrected chi connectivity index (χ3v) is 4.81. The molecule has 0 radical (unpaired) electrons. The molecule has 1 aliphatic carbocycles. The molecule has 1 aromatic heterocycles. The number of rotatable bonds is 1. The summed E-state index contributed by atoms with van der Waals surface area (Å²) >= 11 is 4.33. The van der Waals surface area contributed by atoms with Crippen LogP contribution >= 0.6 is 27.3 Å². The Bertz CT molecular complexity index is 363. The molecule has 0 amide bonds. The van der Waals surface area contributed by atoms with Crippen LogP contribution in [0.5, 0.6) is 0 Å². The second-order valence-corrected chi connectivity index (χ2v) is 6.38. The molecule has 1 saturated carbocycles. The van der Waals surface area contributed by atoms with Crippen molar-refractivity contribution in [1.29, 1.82) is 0 Å². The van der Waals surface area contributed by atoms with Crippen LogP contribution in [-0.2, 0) is 6.18 Å². The highest BCUT2D eigenvalue weighted by atomic mass is 79.9. The fourth-order valence-electron chi connectivity index (χ4n) is 1.99. The fraction of sp³-hybridized carbons (Fsp3) is 0.700. The van der Waals surface area contributed by atoms with E-state index < -0.39 is 11.2 Å². The Morgan fingerprint density at radius 1 is 1.38 bits per heavy atom. The summed E-state index contributed by atoms with van der Waals surface area (Å²) in [5.41, 5.74) is 0. The molecule has 1 nitrogen and oxygen atoms in total. The van der Waals surface area contributed by atoms with Crippen molar-refractivity contribution in [3.63, 3.8) is 0 Å². The first-order valence-corrected chi connectivity index (χ1v) is 6.87. The number of hydrogen-bond acceptors (Lipinski definition) is 2. The molecular formula is C10H11BrF3NS. The number of thiazole rings is 1. The van der Waals surface area contributed by atoms with E-state index in [1.165, 1.54) is 6.20 Å². The average molecular weight is 314 g/mol. The summed E-state index contributed by atoms with van der Waals surface area (Å²) in [6.07, 6.45) is 1.16. The summed E-state index contributed by atoms with van der Waals surface area (Å²) in [6.45, 7) is 0. The molecule has 1 aliphatic rings. The van der Waals surface area contributed by atoms with E-state index in [4.69, 9.17) is 0 Å². The van der Waals surface area contributed by atoms with Gasteiger partial charge in [0.25, 0.3) is 0 Å². The van der Waals surface area contributed by atoms with Crippen LogP contribution in [0.1, 0.15) is 41.5 Å². The SMILES string of the molecule is FC(F)(F)c1ncc(C2CCCC(Br)C2)s1. The first-order chi connectivity index (χ1) is 7.47. The molecule has 6 heteroatoms. The first kappa shape index (κ1) is 12.4. The molecule has 2 rings (SSSR count). The minimum absolute atomic E-state index is 0.242. The molecule has 1 fully saturated rings. The fourth-order valence-corrected chi connectivity index (χ4v) is 3.70. The Morgan fingerprint density at radius 2 is 2.12 bits per heavy atom. The maximum absolute atomic E-state index is 12.4. The van der Waals surface area contributed by atoms with Gasteiger partial charge in [0.15, 0.2) is 5.01 Å².